The van der Waals surface area contributed by atoms with Crippen molar-refractivity contribution in [3.63, 3.8) is 0 Å². The van der Waals surface area contributed by atoms with E-state index in [4.69, 9.17) is 0 Å². The van der Waals surface area contributed by atoms with Gasteiger partial charge in [-0.2, -0.15) is 0 Å². The van der Waals surface area contributed by atoms with Crippen LogP contribution in [0.15, 0.2) is 54.6 Å². The number of rotatable bonds is 5. The van der Waals surface area contributed by atoms with Gasteiger partial charge in [-0.1, -0.05) is 68.4 Å². The number of benzene rings is 2. The van der Waals surface area contributed by atoms with Crippen molar-refractivity contribution in [3.8, 4) is 11.1 Å². The molecule has 2 aromatic rings. The van der Waals surface area contributed by atoms with Gasteiger partial charge in [-0.05, 0) is 29.0 Å². The third-order valence-corrected chi connectivity index (χ3v) is 3.43. The van der Waals surface area contributed by atoms with E-state index in [-0.39, 0.29) is 0 Å². The molecule has 2 rings (SSSR count). The molecule has 2 heteroatoms. The van der Waals surface area contributed by atoms with E-state index in [1.165, 1.54) is 0 Å². The van der Waals surface area contributed by atoms with Crippen LogP contribution in [0.5, 0.6) is 0 Å². The fourth-order valence-corrected chi connectivity index (χ4v) is 2.39. The van der Waals surface area contributed by atoms with E-state index < -0.39 is 11.9 Å². The van der Waals surface area contributed by atoms with Gasteiger partial charge in [0.2, 0.25) is 0 Å². The zero-order valence-electron chi connectivity index (χ0n) is 11.9. The summed E-state index contributed by atoms with van der Waals surface area (Å²) < 4.78 is 0. The maximum Gasteiger partial charge on any atom is 0.310 e. The molecule has 0 fully saturated rings. The minimum absolute atomic E-state index is 0.366. The molecule has 0 saturated carbocycles. The summed E-state index contributed by atoms with van der Waals surface area (Å²) in [4.78, 5) is 11.4. The lowest BCUT2D eigenvalue weighted by Gasteiger charge is -2.15. The molecule has 20 heavy (non-hydrogen) atoms. The summed E-state index contributed by atoms with van der Waals surface area (Å²) in [6, 6.07) is 18.0. The van der Waals surface area contributed by atoms with Crippen molar-refractivity contribution in [2.24, 2.45) is 5.92 Å². The second kappa shape index (κ2) is 6.38. The summed E-state index contributed by atoms with van der Waals surface area (Å²) in [6.45, 7) is 4.10. The number of hydrogen-bond donors (Lipinski definition) is 1. The van der Waals surface area contributed by atoms with Crippen LogP contribution in [0.1, 0.15) is 31.7 Å². The first kappa shape index (κ1) is 14.3. The molecular weight excluding hydrogens is 248 g/mol. The van der Waals surface area contributed by atoms with Crippen LogP contribution in [0.25, 0.3) is 11.1 Å². The Morgan fingerprint density at radius 2 is 1.50 bits per heavy atom. The molecule has 0 bridgehead atoms. The summed E-state index contributed by atoms with van der Waals surface area (Å²) in [5.41, 5.74) is 3.14. The number of carboxylic acid groups (broad SMARTS) is 1. The number of carboxylic acids is 1. The van der Waals surface area contributed by atoms with Crippen LogP contribution in [0.2, 0.25) is 0 Å². The second-order valence-electron chi connectivity index (χ2n) is 5.51. The van der Waals surface area contributed by atoms with Gasteiger partial charge in [-0.15, -0.1) is 0 Å². The molecule has 1 N–H and O–H groups in total. The fraction of sp³-hybridized carbons (Fsp3) is 0.278. The van der Waals surface area contributed by atoms with E-state index in [0.717, 1.165) is 16.7 Å². The van der Waals surface area contributed by atoms with Crippen LogP contribution < -0.4 is 0 Å². The standard InChI is InChI=1S/C18H20O2/c1-13(2)12-17(18(19)20)16-10-8-15(9-11-16)14-6-4-3-5-7-14/h3-11,13,17H,12H2,1-2H3,(H,19,20). The largest absolute Gasteiger partial charge is 0.481 e. The average Bonchev–Trinajstić information content (AvgIpc) is 2.45. The lowest BCUT2D eigenvalue weighted by molar-refractivity contribution is -0.139. The van der Waals surface area contributed by atoms with Gasteiger partial charge in [0.15, 0.2) is 0 Å². The van der Waals surface area contributed by atoms with Crippen molar-refractivity contribution in [3.05, 3.63) is 60.2 Å². The summed E-state index contributed by atoms with van der Waals surface area (Å²) in [5.74, 6) is -0.795. The molecule has 2 nitrogen and oxygen atoms in total. The molecule has 0 aromatic heterocycles. The number of aliphatic carboxylic acids is 1. The third-order valence-electron chi connectivity index (χ3n) is 3.43. The topological polar surface area (TPSA) is 37.3 Å². The lowest BCUT2D eigenvalue weighted by Crippen LogP contribution is -2.13. The van der Waals surface area contributed by atoms with Crippen LogP contribution in [-0.4, -0.2) is 11.1 Å². The first-order chi connectivity index (χ1) is 9.58. The molecule has 0 aliphatic rings. The highest BCUT2D eigenvalue weighted by atomic mass is 16.4. The van der Waals surface area contributed by atoms with Gasteiger partial charge in [0, 0.05) is 0 Å². The third kappa shape index (κ3) is 3.47. The fourth-order valence-electron chi connectivity index (χ4n) is 2.39. The van der Waals surface area contributed by atoms with Crippen LogP contribution in [-0.2, 0) is 4.79 Å². The summed E-state index contributed by atoms with van der Waals surface area (Å²) in [6.07, 6.45) is 0.667. The molecule has 0 aliphatic carbocycles. The van der Waals surface area contributed by atoms with Gasteiger partial charge in [-0.25, -0.2) is 0 Å². The Morgan fingerprint density at radius 3 is 2.00 bits per heavy atom. The lowest BCUT2D eigenvalue weighted by atomic mass is 9.89. The van der Waals surface area contributed by atoms with E-state index in [0.29, 0.717) is 12.3 Å². The minimum atomic E-state index is -0.744. The van der Waals surface area contributed by atoms with Crippen molar-refractivity contribution >= 4 is 5.97 Å². The van der Waals surface area contributed by atoms with Crippen molar-refractivity contribution in [1.29, 1.82) is 0 Å². The van der Waals surface area contributed by atoms with Gasteiger partial charge in [0.25, 0.3) is 0 Å². The van der Waals surface area contributed by atoms with Crippen LogP contribution >= 0.6 is 0 Å². The summed E-state index contributed by atoms with van der Waals surface area (Å²) in [5, 5.41) is 9.36. The molecule has 0 saturated heterocycles. The van der Waals surface area contributed by atoms with Gasteiger partial charge in [0.05, 0.1) is 5.92 Å². The molecule has 1 unspecified atom stereocenters. The highest BCUT2D eigenvalue weighted by Crippen LogP contribution is 2.27. The molecule has 0 spiro atoms. The maximum atomic E-state index is 11.4. The van der Waals surface area contributed by atoms with Crippen LogP contribution in [0.4, 0.5) is 0 Å². The van der Waals surface area contributed by atoms with Crippen molar-refractivity contribution in [1.82, 2.24) is 0 Å². The monoisotopic (exact) mass is 268 g/mol. The number of carbonyl (C=O) groups is 1. The average molecular weight is 268 g/mol. The zero-order valence-corrected chi connectivity index (χ0v) is 11.9. The van der Waals surface area contributed by atoms with E-state index >= 15 is 0 Å². The second-order valence-corrected chi connectivity index (χ2v) is 5.51. The first-order valence-electron chi connectivity index (χ1n) is 6.96. The van der Waals surface area contributed by atoms with Gasteiger partial charge >= 0.3 is 5.97 Å². The smallest absolute Gasteiger partial charge is 0.310 e. The summed E-state index contributed by atoms with van der Waals surface area (Å²) in [7, 11) is 0. The highest BCUT2D eigenvalue weighted by Gasteiger charge is 2.20. The molecule has 0 radical (unpaired) electrons. The molecular formula is C18H20O2. The zero-order chi connectivity index (χ0) is 14.5. The molecule has 0 aliphatic heterocycles. The van der Waals surface area contributed by atoms with Gasteiger partial charge < -0.3 is 5.11 Å². The molecule has 0 amide bonds. The molecule has 104 valence electrons. The van der Waals surface area contributed by atoms with Crippen molar-refractivity contribution in [2.75, 3.05) is 0 Å². The number of hydrogen-bond acceptors (Lipinski definition) is 1. The van der Waals surface area contributed by atoms with E-state index in [2.05, 4.69) is 12.1 Å². The minimum Gasteiger partial charge on any atom is -0.481 e. The quantitative estimate of drug-likeness (QED) is 0.862. The Bertz CT molecular complexity index is 556. The summed E-state index contributed by atoms with van der Waals surface area (Å²) >= 11 is 0. The van der Waals surface area contributed by atoms with Crippen LogP contribution in [0, 0.1) is 5.92 Å². The molecule has 0 heterocycles. The molecule has 2 aromatic carbocycles. The van der Waals surface area contributed by atoms with Gasteiger partial charge in [-0.3, -0.25) is 4.79 Å². The molecule has 1 atom stereocenters. The normalized spacial score (nSPS) is 12.3. The van der Waals surface area contributed by atoms with E-state index in [9.17, 15) is 9.90 Å². The van der Waals surface area contributed by atoms with Crippen molar-refractivity contribution in [2.45, 2.75) is 26.2 Å². The SMILES string of the molecule is CC(C)CC(C(=O)O)c1ccc(-c2ccccc2)cc1. The Labute approximate surface area is 120 Å². The maximum absolute atomic E-state index is 11.4. The van der Waals surface area contributed by atoms with Crippen molar-refractivity contribution < 1.29 is 9.90 Å². The van der Waals surface area contributed by atoms with Gasteiger partial charge in [0.1, 0.15) is 0 Å². The Hall–Kier alpha value is -2.09. The predicted octanol–water partition coefficient (Wildman–Crippen LogP) is 4.57. The highest BCUT2D eigenvalue weighted by molar-refractivity contribution is 5.76. The van der Waals surface area contributed by atoms with Crippen LogP contribution in [0.3, 0.4) is 0 Å². The van der Waals surface area contributed by atoms with E-state index in [1.807, 2.05) is 56.3 Å². The predicted molar refractivity (Wildman–Crippen MR) is 81.7 cm³/mol. The van der Waals surface area contributed by atoms with E-state index in [1.54, 1.807) is 0 Å². The first-order valence-corrected chi connectivity index (χ1v) is 6.96. The Balaban J connectivity index is 2.24. The Morgan fingerprint density at radius 1 is 0.950 bits per heavy atom. The Kier molecular flexibility index (Phi) is 4.57.